The highest BCUT2D eigenvalue weighted by molar-refractivity contribution is 7.99. The number of hydrogen-bond acceptors (Lipinski definition) is 3. The number of nitrogens with zero attached hydrogens (tertiary/aromatic N) is 1. The van der Waals surface area contributed by atoms with Crippen LogP contribution in [0.15, 0.2) is 41.3 Å². The smallest absolute Gasteiger partial charge is 0.396 e. The largest absolute Gasteiger partial charge is 0.416 e. The van der Waals surface area contributed by atoms with Crippen molar-refractivity contribution >= 4 is 17.4 Å². The third-order valence-electron chi connectivity index (χ3n) is 2.87. The third kappa shape index (κ3) is 6.97. The Labute approximate surface area is 152 Å². The molecule has 27 heavy (non-hydrogen) atoms. The first-order valence-electron chi connectivity index (χ1n) is 6.85. The lowest BCUT2D eigenvalue weighted by atomic mass is 10.2. The van der Waals surface area contributed by atoms with Crippen LogP contribution in [0.1, 0.15) is 11.1 Å². The molecular formula is C16H10F8N2S. The van der Waals surface area contributed by atoms with Crippen molar-refractivity contribution < 1.29 is 35.1 Å². The van der Waals surface area contributed by atoms with Crippen molar-refractivity contribution in [3.63, 3.8) is 0 Å². The molecule has 0 aliphatic heterocycles. The number of alkyl halides is 6. The highest BCUT2D eigenvalue weighted by atomic mass is 32.2. The van der Waals surface area contributed by atoms with E-state index in [2.05, 4.69) is 0 Å². The predicted molar refractivity (Wildman–Crippen MR) is 83.6 cm³/mol. The summed E-state index contributed by atoms with van der Waals surface area (Å²) in [4.78, 5) is -0.161. The number of anilines is 1. The highest BCUT2D eigenvalue weighted by Crippen LogP contribution is 2.33. The molecule has 2 rings (SSSR count). The average Bonchev–Trinajstić information content (AvgIpc) is 2.55. The van der Waals surface area contributed by atoms with Gasteiger partial charge in [-0.25, -0.2) is 8.78 Å². The minimum atomic E-state index is -4.49. The fraction of sp³-hybridized carbons (Fsp3) is 0.188. The van der Waals surface area contributed by atoms with E-state index in [0.717, 1.165) is 17.8 Å². The molecule has 2 aromatic rings. The second-order valence-electron chi connectivity index (χ2n) is 4.82. The third-order valence-corrected chi connectivity index (χ3v) is 3.77. The molecule has 0 atom stereocenters. The summed E-state index contributed by atoms with van der Waals surface area (Å²) in [5.41, 5.74) is 2.59. The van der Waals surface area contributed by atoms with Crippen LogP contribution < -0.4 is 5.73 Å². The number of rotatable bonds is 2. The lowest BCUT2D eigenvalue weighted by molar-refractivity contribution is -0.138. The van der Waals surface area contributed by atoms with Gasteiger partial charge in [0.15, 0.2) is 0 Å². The minimum absolute atomic E-state index is 0.0851. The number of nitrogen functional groups attached to an aromatic ring is 1. The van der Waals surface area contributed by atoms with E-state index in [1.807, 2.05) is 0 Å². The summed E-state index contributed by atoms with van der Waals surface area (Å²) in [7, 11) is 0. The molecule has 0 spiro atoms. The van der Waals surface area contributed by atoms with Gasteiger partial charge in [0, 0.05) is 4.90 Å². The fourth-order valence-electron chi connectivity index (χ4n) is 1.62. The average molecular weight is 414 g/mol. The lowest BCUT2D eigenvalue weighted by Crippen LogP contribution is -2.06. The second kappa shape index (κ2) is 8.94. The van der Waals surface area contributed by atoms with E-state index in [1.54, 1.807) is 6.07 Å². The Morgan fingerprint density at radius 2 is 1.33 bits per heavy atom. The molecule has 11 heteroatoms. The van der Waals surface area contributed by atoms with Gasteiger partial charge in [-0.2, -0.15) is 31.6 Å². The molecule has 2 N–H and O–H groups in total. The molecule has 0 radical (unpaired) electrons. The number of nitriles is 1. The van der Waals surface area contributed by atoms with Gasteiger partial charge in [-0.1, -0.05) is 0 Å². The Hall–Kier alpha value is -2.48. The number of halogens is 8. The number of nitrogens with two attached hydrogens (primary N) is 1. The second-order valence-corrected chi connectivity index (χ2v) is 5.84. The van der Waals surface area contributed by atoms with Gasteiger partial charge in [0.1, 0.15) is 11.6 Å². The van der Waals surface area contributed by atoms with Crippen molar-refractivity contribution in [1.82, 2.24) is 0 Å². The standard InChI is InChI=1S/C9H5F4NS.C7H5F4N/c10-7-2-1-6(9(11,12)13)5-8(7)15-4-3-14;8-5-2-1-4(3-6(5)12)7(9,10)11/h1-2,5H,4H2;1-3H,12H2. The van der Waals surface area contributed by atoms with Crippen LogP contribution in [-0.4, -0.2) is 5.75 Å². The molecule has 2 nitrogen and oxygen atoms in total. The Kier molecular flexibility index (Phi) is 7.47. The van der Waals surface area contributed by atoms with Crippen LogP contribution in [0.2, 0.25) is 0 Å². The normalized spacial score (nSPS) is 11.4. The van der Waals surface area contributed by atoms with E-state index in [4.69, 9.17) is 11.0 Å². The molecule has 0 heterocycles. The SMILES string of the molecule is N#CCSc1cc(C(F)(F)F)ccc1F.Nc1cc(C(F)(F)F)ccc1F. The monoisotopic (exact) mass is 414 g/mol. The zero-order chi connectivity index (χ0) is 20.8. The summed E-state index contributed by atoms with van der Waals surface area (Å²) in [6.07, 6.45) is -8.96. The quantitative estimate of drug-likeness (QED) is 0.379. The number of thioether (sulfide) groups is 1. The van der Waals surface area contributed by atoms with Gasteiger partial charge in [0.05, 0.1) is 28.6 Å². The maximum atomic E-state index is 13.0. The fourth-order valence-corrected chi connectivity index (χ4v) is 2.26. The van der Waals surface area contributed by atoms with E-state index in [-0.39, 0.29) is 10.6 Å². The zero-order valence-corrected chi connectivity index (χ0v) is 13.9. The van der Waals surface area contributed by atoms with Crippen LogP contribution in [0.3, 0.4) is 0 Å². The Morgan fingerprint density at radius 3 is 1.78 bits per heavy atom. The van der Waals surface area contributed by atoms with Gasteiger partial charge < -0.3 is 5.73 Å². The maximum absolute atomic E-state index is 13.0. The lowest BCUT2D eigenvalue weighted by Gasteiger charge is -2.08. The maximum Gasteiger partial charge on any atom is 0.416 e. The number of benzene rings is 2. The topological polar surface area (TPSA) is 49.8 Å². The van der Waals surface area contributed by atoms with E-state index in [1.165, 1.54) is 0 Å². The summed E-state index contributed by atoms with van der Waals surface area (Å²) in [6, 6.07) is 5.75. The molecule has 0 aromatic heterocycles. The molecule has 0 fully saturated rings. The molecule has 0 unspecified atom stereocenters. The van der Waals surface area contributed by atoms with Gasteiger partial charge in [-0.15, -0.1) is 11.8 Å². The molecule has 0 aliphatic carbocycles. The van der Waals surface area contributed by atoms with Crippen LogP contribution in [-0.2, 0) is 12.4 Å². The first-order valence-corrected chi connectivity index (χ1v) is 7.83. The van der Waals surface area contributed by atoms with Crippen molar-refractivity contribution in [2.75, 3.05) is 11.5 Å². The van der Waals surface area contributed by atoms with E-state index in [9.17, 15) is 35.1 Å². The van der Waals surface area contributed by atoms with Gasteiger partial charge in [-0.05, 0) is 36.4 Å². The summed E-state index contributed by atoms with van der Waals surface area (Å²) in [6.45, 7) is 0. The summed E-state index contributed by atoms with van der Waals surface area (Å²) >= 11 is 0.741. The molecule has 0 amide bonds. The van der Waals surface area contributed by atoms with Crippen LogP contribution in [0.4, 0.5) is 40.8 Å². The predicted octanol–water partition coefficient (Wildman–Crippen LogP) is 5.89. The number of hydrogen-bond donors (Lipinski definition) is 1. The Balaban J connectivity index is 0.000000277. The van der Waals surface area contributed by atoms with Gasteiger partial charge in [0.2, 0.25) is 0 Å². The molecule has 146 valence electrons. The Morgan fingerprint density at radius 1 is 0.852 bits per heavy atom. The van der Waals surface area contributed by atoms with Gasteiger partial charge >= 0.3 is 12.4 Å². The van der Waals surface area contributed by atoms with E-state index in [0.29, 0.717) is 30.3 Å². The molecule has 2 aromatic carbocycles. The van der Waals surface area contributed by atoms with Crippen LogP contribution in [0.25, 0.3) is 0 Å². The molecule has 0 aliphatic rings. The van der Waals surface area contributed by atoms with Crippen molar-refractivity contribution in [3.8, 4) is 6.07 Å². The highest BCUT2D eigenvalue weighted by Gasteiger charge is 2.31. The summed E-state index contributed by atoms with van der Waals surface area (Å²) < 4.78 is 97.8. The summed E-state index contributed by atoms with van der Waals surface area (Å²) in [5, 5.41) is 8.23. The molecule has 0 saturated heterocycles. The van der Waals surface area contributed by atoms with Crippen molar-refractivity contribution in [2.24, 2.45) is 0 Å². The molecule has 0 bridgehead atoms. The van der Waals surface area contributed by atoms with Crippen LogP contribution >= 0.6 is 11.8 Å². The van der Waals surface area contributed by atoms with Crippen molar-refractivity contribution in [2.45, 2.75) is 17.2 Å². The van der Waals surface area contributed by atoms with Crippen LogP contribution in [0, 0.1) is 23.0 Å². The van der Waals surface area contributed by atoms with E-state index < -0.39 is 40.8 Å². The van der Waals surface area contributed by atoms with E-state index >= 15 is 0 Å². The van der Waals surface area contributed by atoms with Crippen molar-refractivity contribution in [3.05, 3.63) is 59.2 Å². The molecular weight excluding hydrogens is 404 g/mol. The van der Waals surface area contributed by atoms with Crippen LogP contribution in [0.5, 0.6) is 0 Å². The van der Waals surface area contributed by atoms with Gasteiger partial charge in [0.25, 0.3) is 0 Å². The van der Waals surface area contributed by atoms with Gasteiger partial charge in [-0.3, -0.25) is 0 Å². The first-order chi connectivity index (χ1) is 12.4. The van der Waals surface area contributed by atoms with Crippen molar-refractivity contribution in [1.29, 1.82) is 5.26 Å². The minimum Gasteiger partial charge on any atom is -0.396 e. The summed E-state index contributed by atoms with van der Waals surface area (Å²) in [5.74, 6) is -1.68. The zero-order valence-electron chi connectivity index (χ0n) is 13.1. The first kappa shape index (κ1) is 22.6. The Bertz CT molecular complexity index is 825. The molecule has 0 saturated carbocycles.